The Kier molecular flexibility index (Phi) is 1.84. The molecule has 0 radical (unpaired) electrons. The summed E-state index contributed by atoms with van der Waals surface area (Å²) < 4.78 is 1.16. The van der Waals surface area contributed by atoms with Crippen LogP contribution in [-0.2, 0) is 5.41 Å². The van der Waals surface area contributed by atoms with E-state index in [1.54, 1.807) is 0 Å². The van der Waals surface area contributed by atoms with Gasteiger partial charge in [0.15, 0.2) is 0 Å². The molecule has 68 valence electrons. The minimum atomic E-state index is 0.0788. The summed E-state index contributed by atoms with van der Waals surface area (Å²) in [5.41, 5.74) is 3.69. The lowest BCUT2D eigenvalue weighted by molar-refractivity contribution is 0.729. The number of rotatable bonds is 0. The van der Waals surface area contributed by atoms with Crippen molar-refractivity contribution in [3.05, 3.63) is 28.2 Å². The van der Waals surface area contributed by atoms with E-state index in [4.69, 9.17) is 0 Å². The molecule has 0 saturated heterocycles. The molecule has 0 bridgehead atoms. The molecule has 0 N–H and O–H groups in total. The van der Waals surface area contributed by atoms with Gasteiger partial charge in [0.25, 0.3) is 0 Å². The van der Waals surface area contributed by atoms with Gasteiger partial charge in [0.1, 0.15) is 0 Å². The molecule has 2 heteroatoms. The fraction of sp³-hybridized carbons (Fsp3) is 0.364. The minimum Gasteiger partial charge on any atom is -0.257 e. The molecule has 1 aromatic carbocycles. The molecule has 0 unspecified atom stereocenters. The molecule has 1 aliphatic heterocycles. The summed E-state index contributed by atoms with van der Waals surface area (Å²) in [6.45, 7) is 6.51. The fourth-order valence-corrected chi connectivity index (χ4v) is 2.58. The van der Waals surface area contributed by atoms with Gasteiger partial charge in [-0.15, -0.1) is 0 Å². The summed E-state index contributed by atoms with van der Waals surface area (Å²) in [6.07, 6.45) is 0. The van der Waals surface area contributed by atoms with Gasteiger partial charge in [0.05, 0.1) is 5.69 Å². The molecule has 2 rings (SSSR count). The Morgan fingerprint density at radius 3 is 2.62 bits per heavy atom. The van der Waals surface area contributed by atoms with Gasteiger partial charge in [-0.2, -0.15) is 0 Å². The maximum atomic E-state index is 4.55. The van der Waals surface area contributed by atoms with E-state index in [0.717, 1.165) is 10.2 Å². The maximum Gasteiger partial charge on any atom is 0.0681 e. The number of fused-ring (bicyclic) bond motifs is 1. The largest absolute Gasteiger partial charge is 0.257 e. The highest BCUT2D eigenvalue weighted by Crippen LogP contribution is 2.43. The van der Waals surface area contributed by atoms with Crippen LogP contribution < -0.4 is 0 Å². The first-order valence-electron chi connectivity index (χ1n) is 4.38. The third-order valence-corrected chi connectivity index (χ3v) is 3.47. The monoisotopic (exact) mass is 237 g/mol. The highest BCUT2D eigenvalue weighted by molar-refractivity contribution is 9.10. The van der Waals surface area contributed by atoms with Crippen molar-refractivity contribution in [3.8, 4) is 0 Å². The van der Waals surface area contributed by atoms with Gasteiger partial charge in [-0.1, -0.05) is 35.8 Å². The zero-order valence-electron chi connectivity index (χ0n) is 8.06. The summed E-state index contributed by atoms with van der Waals surface area (Å²) in [7, 11) is 0. The number of hydrogen-bond donors (Lipinski definition) is 0. The van der Waals surface area contributed by atoms with E-state index in [-0.39, 0.29) is 5.41 Å². The molecule has 0 fully saturated rings. The van der Waals surface area contributed by atoms with Gasteiger partial charge in [0, 0.05) is 21.2 Å². The fourth-order valence-electron chi connectivity index (χ4n) is 1.73. The van der Waals surface area contributed by atoms with Crippen molar-refractivity contribution in [2.75, 3.05) is 0 Å². The van der Waals surface area contributed by atoms with E-state index >= 15 is 0 Å². The average Bonchev–Trinajstić information content (AvgIpc) is 2.24. The molecule has 0 atom stereocenters. The Labute approximate surface area is 87.0 Å². The highest BCUT2D eigenvalue weighted by Gasteiger charge is 2.33. The van der Waals surface area contributed by atoms with E-state index in [2.05, 4.69) is 53.8 Å². The molecular formula is C11H12BrN. The van der Waals surface area contributed by atoms with Crippen molar-refractivity contribution in [1.82, 2.24) is 0 Å². The van der Waals surface area contributed by atoms with Crippen LogP contribution in [-0.4, -0.2) is 5.71 Å². The topological polar surface area (TPSA) is 12.4 Å². The SMILES string of the molecule is CC1=Nc2cccc(Br)c2C1(C)C. The van der Waals surface area contributed by atoms with Gasteiger partial charge < -0.3 is 0 Å². The average molecular weight is 238 g/mol. The van der Waals surface area contributed by atoms with E-state index in [0.29, 0.717) is 0 Å². The lowest BCUT2D eigenvalue weighted by atomic mass is 9.82. The quantitative estimate of drug-likeness (QED) is 0.651. The van der Waals surface area contributed by atoms with E-state index in [1.165, 1.54) is 11.3 Å². The third-order valence-electron chi connectivity index (χ3n) is 2.81. The Balaban J connectivity index is 2.72. The van der Waals surface area contributed by atoms with Crippen molar-refractivity contribution in [2.45, 2.75) is 26.2 Å². The van der Waals surface area contributed by atoms with E-state index in [9.17, 15) is 0 Å². The summed E-state index contributed by atoms with van der Waals surface area (Å²) in [5, 5.41) is 0. The summed E-state index contributed by atoms with van der Waals surface area (Å²) in [6, 6.07) is 6.17. The molecule has 0 aliphatic carbocycles. The molecular weight excluding hydrogens is 226 g/mol. The van der Waals surface area contributed by atoms with Crippen molar-refractivity contribution >= 4 is 27.3 Å². The van der Waals surface area contributed by atoms with Crippen LogP contribution in [0.3, 0.4) is 0 Å². The first-order valence-corrected chi connectivity index (χ1v) is 5.17. The van der Waals surface area contributed by atoms with Crippen LogP contribution in [0.25, 0.3) is 0 Å². The molecule has 0 saturated carbocycles. The van der Waals surface area contributed by atoms with Gasteiger partial charge in [0.2, 0.25) is 0 Å². The molecule has 1 aliphatic rings. The van der Waals surface area contributed by atoms with Crippen molar-refractivity contribution in [2.24, 2.45) is 4.99 Å². The Hall–Kier alpha value is -0.630. The normalized spacial score (nSPS) is 18.3. The Morgan fingerprint density at radius 1 is 1.31 bits per heavy atom. The van der Waals surface area contributed by atoms with Crippen LogP contribution in [0.5, 0.6) is 0 Å². The third kappa shape index (κ3) is 1.16. The molecule has 1 aromatic rings. The van der Waals surface area contributed by atoms with Crippen molar-refractivity contribution in [1.29, 1.82) is 0 Å². The summed E-state index contributed by atoms with van der Waals surface area (Å²) in [4.78, 5) is 4.55. The van der Waals surface area contributed by atoms with E-state index < -0.39 is 0 Å². The number of hydrogen-bond acceptors (Lipinski definition) is 1. The lowest BCUT2D eigenvalue weighted by Gasteiger charge is -2.20. The van der Waals surface area contributed by atoms with Gasteiger partial charge >= 0.3 is 0 Å². The Morgan fingerprint density at radius 2 is 2.00 bits per heavy atom. The number of nitrogens with zero attached hydrogens (tertiary/aromatic N) is 1. The van der Waals surface area contributed by atoms with Crippen LogP contribution >= 0.6 is 15.9 Å². The minimum absolute atomic E-state index is 0.0788. The molecule has 1 heterocycles. The van der Waals surface area contributed by atoms with Crippen LogP contribution in [0.2, 0.25) is 0 Å². The van der Waals surface area contributed by atoms with Crippen molar-refractivity contribution in [3.63, 3.8) is 0 Å². The first-order chi connectivity index (χ1) is 6.03. The standard InChI is InChI=1S/C11H12BrN/c1-7-11(2,3)10-8(12)5-4-6-9(10)13-7/h4-6H,1-3H3. The number of benzene rings is 1. The second-order valence-corrected chi connectivity index (χ2v) is 4.81. The zero-order chi connectivity index (χ0) is 9.64. The van der Waals surface area contributed by atoms with Gasteiger partial charge in [-0.25, -0.2) is 0 Å². The first kappa shape index (κ1) is 8.95. The van der Waals surface area contributed by atoms with E-state index in [1.807, 2.05) is 6.07 Å². The second kappa shape index (κ2) is 2.68. The molecule has 0 spiro atoms. The highest BCUT2D eigenvalue weighted by atomic mass is 79.9. The van der Waals surface area contributed by atoms with Crippen LogP contribution in [0, 0.1) is 0 Å². The molecule has 0 amide bonds. The summed E-state index contributed by atoms with van der Waals surface area (Å²) in [5.74, 6) is 0. The lowest BCUT2D eigenvalue weighted by Crippen LogP contribution is -2.23. The van der Waals surface area contributed by atoms with Crippen LogP contribution in [0.4, 0.5) is 5.69 Å². The van der Waals surface area contributed by atoms with Crippen molar-refractivity contribution < 1.29 is 0 Å². The molecule has 13 heavy (non-hydrogen) atoms. The number of aliphatic imine (C=N–C) groups is 1. The second-order valence-electron chi connectivity index (χ2n) is 3.96. The number of halogens is 1. The Bertz CT molecular complexity index is 391. The smallest absolute Gasteiger partial charge is 0.0681 e. The maximum absolute atomic E-state index is 4.55. The summed E-state index contributed by atoms with van der Waals surface area (Å²) >= 11 is 3.58. The predicted molar refractivity (Wildman–Crippen MR) is 59.9 cm³/mol. The zero-order valence-corrected chi connectivity index (χ0v) is 9.64. The van der Waals surface area contributed by atoms with Gasteiger partial charge in [-0.3, -0.25) is 4.99 Å². The molecule has 0 aromatic heterocycles. The predicted octanol–water partition coefficient (Wildman–Crippen LogP) is 3.83. The van der Waals surface area contributed by atoms with Crippen LogP contribution in [0.15, 0.2) is 27.7 Å². The van der Waals surface area contributed by atoms with Gasteiger partial charge in [-0.05, 0) is 19.1 Å². The van der Waals surface area contributed by atoms with Crippen LogP contribution in [0.1, 0.15) is 26.3 Å². The molecule has 1 nitrogen and oxygen atoms in total.